The van der Waals surface area contributed by atoms with E-state index in [-0.39, 0.29) is 30.4 Å². The van der Waals surface area contributed by atoms with E-state index in [1.54, 1.807) is 19.2 Å². The average Bonchev–Trinajstić information content (AvgIpc) is 3.01. The number of aromatic nitrogens is 2. The molecule has 4 rings (SSSR count). The maximum atomic E-state index is 13.0. The Morgan fingerprint density at radius 2 is 1.49 bits per heavy atom. The minimum absolute atomic E-state index is 0.0195. The van der Waals surface area contributed by atoms with Crippen LogP contribution >= 0.6 is 0 Å². The molecule has 0 bridgehead atoms. The number of piperazine rings is 1. The van der Waals surface area contributed by atoms with E-state index in [0.717, 1.165) is 37.3 Å². The standard InChI is InChI=1S/C30H37N7O4/c1-35(2)11-12-36-13-15-37(16-14-36)30(40)24-9-7-22(8-10-24)19-31-28(38)26-18-27(34-21-33-26)29(39)32-20-23-5-4-6-25(17-23)41-3/h4-10,17-18,21H,11-16,19-20H2,1-3H3,(H,31,38)(H,32,39). The molecule has 1 saturated heterocycles. The van der Waals surface area contributed by atoms with Crippen molar-refractivity contribution in [3.63, 3.8) is 0 Å². The molecule has 3 aromatic rings. The molecule has 1 fully saturated rings. The van der Waals surface area contributed by atoms with Crippen molar-refractivity contribution in [2.75, 3.05) is 60.5 Å². The predicted molar refractivity (Wildman–Crippen MR) is 155 cm³/mol. The Morgan fingerprint density at radius 1 is 0.854 bits per heavy atom. The zero-order valence-electron chi connectivity index (χ0n) is 23.8. The van der Waals surface area contributed by atoms with E-state index in [1.165, 1.54) is 12.4 Å². The third-order valence-electron chi connectivity index (χ3n) is 6.90. The summed E-state index contributed by atoms with van der Waals surface area (Å²) in [6.07, 6.45) is 1.19. The van der Waals surface area contributed by atoms with Crippen LogP contribution < -0.4 is 15.4 Å². The highest BCUT2D eigenvalue weighted by molar-refractivity contribution is 5.97. The molecule has 2 heterocycles. The van der Waals surface area contributed by atoms with Gasteiger partial charge in [0.05, 0.1) is 7.11 Å². The molecule has 1 aromatic heterocycles. The Bertz CT molecular complexity index is 1340. The summed E-state index contributed by atoms with van der Waals surface area (Å²) in [5.41, 5.74) is 2.52. The summed E-state index contributed by atoms with van der Waals surface area (Å²) in [7, 11) is 5.71. The molecule has 0 unspecified atom stereocenters. The summed E-state index contributed by atoms with van der Waals surface area (Å²) in [6, 6.07) is 16.0. The van der Waals surface area contributed by atoms with E-state index in [1.807, 2.05) is 41.3 Å². The van der Waals surface area contributed by atoms with Crippen molar-refractivity contribution in [2.45, 2.75) is 13.1 Å². The Kier molecular flexibility index (Phi) is 10.4. The van der Waals surface area contributed by atoms with Gasteiger partial charge in [0.1, 0.15) is 23.5 Å². The molecule has 0 radical (unpaired) electrons. The van der Waals surface area contributed by atoms with Gasteiger partial charge in [-0.25, -0.2) is 9.97 Å². The van der Waals surface area contributed by atoms with Gasteiger partial charge in [0.2, 0.25) is 0 Å². The van der Waals surface area contributed by atoms with Crippen molar-refractivity contribution >= 4 is 17.7 Å². The Balaban J connectivity index is 1.25. The molecule has 0 aliphatic carbocycles. The van der Waals surface area contributed by atoms with Crippen LogP contribution in [0.3, 0.4) is 0 Å². The lowest BCUT2D eigenvalue weighted by molar-refractivity contribution is 0.0629. The highest BCUT2D eigenvalue weighted by Crippen LogP contribution is 2.13. The average molecular weight is 560 g/mol. The number of amides is 3. The molecule has 3 amide bonds. The van der Waals surface area contributed by atoms with E-state index in [0.29, 0.717) is 24.4 Å². The van der Waals surface area contributed by atoms with E-state index in [9.17, 15) is 14.4 Å². The molecular weight excluding hydrogens is 522 g/mol. The number of carbonyl (C=O) groups excluding carboxylic acids is 3. The highest BCUT2D eigenvalue weighted by atomic mass is 16.5. The quantitative estimate of drug-likeness (QED) is 0.364. The summed E-state index contributed by atoms with van der Waals surface area (Å²) >= 11 is 0. The lowest BCUT2D eigenvalue weighted by Crippen LogP contribution is -2.49. The van der Waals surface area contributed by atoms with Crippen LogP contribution in [-0.4, -0.2) is 103 Å². The second-order valence-electron chi connectivity index (χ2n) is 10.1. The first kappa shape index (κ1) is 29.6. The summed E-state index contributed by atoms with van der Waals surface area (Å²) in [6.45, 7) is 5.71. The topological polar surface area (TPSA) is 120 Å². The van der Waals surface area contributed by atoms with Gasteiger partial charge in [-0.05, 0) is 49.5 Å². The number of nitrogens with one attached hydrogen (secondary N) is 2. The molecule has 0 spiro atoms. The number of nitrogens with zero attached hydrogens (tertiary/aromatic N) is 5. The SMILES string of the molecule is COc1cccc(CNC(=O)c2cc(C(=O)NCc3ccc(C(=O)N4CCN(CCN(C)C)CC4)cc3)ncn2)c1. The first-order valence-corrected chi connectivity index (χ1v) is 13.6. The van der Waals surface area contributed by atoms with Crippen molar-refractivity contribution in [3.05, 3.63) is 89.0 Å². The number of carbonyl (C=O) groups is 3. The smallest absolute Gasteiger partial charge is 0.270 e. The third-order valence-corrected chi connectivity index (χ3v) is 6.90. The number of rotatable bonds is 11. The Hall–Kier alpha value is -4.35. The summed E-state index contributed by atoms with van der Waals surface area (Å²) in [5.74, 6) is -0.129. The van der Waals surface area contributed by atoms with Crippen LogP contribution in [0.1, 0.15) is 42.5 Å². The number of ether oxygens (including phenoxy) is 1. The van der Waals surface area contributed by atoms with E-state index < -0.39 is 11.8 Å². The minimum Gasteiger partial charge on any atom is -0.497 e. The lowest BCUT2D eigenvalue weighted by Gasteiger charge is -2.35. The number of methoxy groups -OCH3 is 1. The van der Waals surface area contributed by atoms with Crippen molar-refractivity contribution in [1.82, 2.24) is 35.3 Å². The van der Waals surface area contributed by atoms with Crippen LogP contribution in [-0.2, 0) is 13.1 Å². The zero-order valence-corrected chi connectivity index (χ0v) is 23.8. The summed E-state index contributed by atoms with van der Waals surface area (Å²) in [4.78, 5) is 52.7. The zero-order chi connectivity index (χ0) is 29.2. The fourth-order valence-electron chi connectivity index (χ4n) is 4.40. The summed E-state index contributed by atoms with van der Waals surface area (Å²) in [5, 5.41) is 5.60. The first-order valence-electron chi connectivity index (χ1n) is 13.6. The largest absolute Gasteiger partial charge is 0.497 e. The monoisotopic (exact) mass is 559 g/mol. The third kappa shape index (κ3) is 8.57. The van der Waals surface area contributed by atoms with Crippen LogP contribution in [0.4, 0.5) is 0 Å². The van der Waals surface area contributed by atoms with Gasteiger partial charge in [-0.2, -0.15) is 0 Å². The number of hydrogen-bond acceptors (Lipinski definition) is 8. The number of hydrogen-bond donors (Lipinski definition) is 2. The fraction of sp³-hybridized carbons (Fsp3) is 0.367. The van der Waals surface area contributed by atoms with Crippen LogP contribution in [0.15, 0.2) is 60.9 Å². The van der Waals surface area contributed by atoms with Crippen LogP contribution in [0, 0.1) is 0 Å². The van der Waals surface area contributed by atoms with Gasteiger partial charge in [-0.3, -0.25) is 19.3 Å². The fourth-order valence-corrected chi connectivity index (χ4v) is 4.40. The molecule has 2 N–H and O–H groups in total. The predicted octanol–water partition coefficient (Wildman–Crippen LogP) is 1.66. The molecule has 0 atom stereocenters. The number of likely N-dealkylation sites (N-methyl/N-ethyl adjacent to an activating group) is 1. The maximum Gasteiger partial charge on any atom is 0.270 e. The molecule has 11 heteroatoms. The van der Waals surface area contributed by atoms with E-state index in [2.05, 4.69) is 44.5 Å². The van der Waals surface area contributed by atoms with Crippen LogP contribution in [0.2, 0.25) is 0 Å². The molecule has 2 aromatic carbocycles. The maximum absolute atomic E-state index is 13.0. The van der Waals surface area contributed by atoms with Crippen LogP contribution in [0.5, 0.6) is 5.75 Å². The second kappa shape index (κ2) is 14.3. The molecule has 1 aliphatic rings. The molecule has 11 nitrogen and oxygen atoms in total. The minimum atomic E-state index is -0.429. The molecular formula is C30H37N7O4. The van der Waals surface area contributed by atoms with Crippen LogP contribution in [0.25, 0.3) is 0 Å². The van der Waals surface area contributed by atoms with Crippen molar-refractivity contribution in [3.8, 4) is 5.75 Å². The Labute approximate surface area is 240 Å². The van der Waals surface area contributed by atoms with Gasteiger partial charge in [-0.15, -0.1) is 0 Å². The normalized spacial score (nSPS) is 13.6. The highest BCUT2D eigenvalue weighted by Gasteiger charge is 2.22. The Morgan fingerprint density at radius 3 is 2.10 bits per heavy atom. The van der Waals surface area contributed by atoms with E-state index in [4.69, 9.17) is 4.74 Å². The summed E-state index contributed by atoms with van der Waals surface area (Å²) < 4.78 is 5.20. The van der Waals surface area contributed by atoms with Crippen molar-refractivity contribution < 1.29 is 19.1 Å². The lowest BCUT2D eigenvalue weighted by atomic mass is 10.1. The van der Waals surface area contributed by atoms with E-state index >= 15 is 0 Å². The van der Waals surface area contributed by atoms with Gasteiger partial charge in [-0.1, -0.05) is 24.3 Å². The van der Waals surface area contributed by atoms with Crippen molar-refractivity contribution in [1.29, 1.82) is 0 Å². The van der Waals surface area contributed by atoms with Crippen molar-refractivity contribution in [2.24, 2.45) is 0 Å². The van der Waals surface area contributed by atoms with Gasteiger partial charge in [0.25, 0.3) is 17.7 Å². The first-order chi connectivity index (χ1) is 19.8. The van der Waals surface area contributed by atoms with Gasteiger partial charge in [0.15, 0.2) is 0 Å². The van der Waals surface area contributed by atoms with Gasteiger partial charge >= 0.3 is 0 Å². The van der Waals surface area contributed by atoms with Gasteiger partial charge in [0, 0.05) is 64.0 Å². The molecule has 0 saturated carbocycles. The molecule has 1 aliphatic heterocycles. The van der Waals surface area contributed by atoms with Gasteiger partial charge < -0.3 is 25.2 Å². The second-order valence-corrected chi connectivity index (χ2v) is 10.1. The molecule has 41 heavy (non-hydrogen) atoms. The number of benzene rings is 2. The molecule has 216 valence electrons.